The van der Waals surface area contributed by atoms with Crippen LogP contribution in [0.5, 0.6) is 0 Å². The molecule has 0 heterocycles. The van der Waals surface area contributed by atoms with E-state index in [1.165, 1.54) is 0 Å². The van der Waals surface area contributed by atoms with Crippen LogP contribution < -0.4 is 0 Å². The highest BCUT2D eigenvalue weighted by Crippen LogP contribution is 2.36. The SMILES string of the molecule is ClCc1cc(Cl)c(CCl)c(Cl)c1Cl. The largest absolute Gasteiger partial charge is 0.121 e. The van der Waals surface area contributed by atoms with E-state index in [0.717, 1.165) is 0 Å². The van der Waals surface area contributed by atoms with Gasteiger partial charge in [0, 0.05) is 16.5 Å². The molecule has 0 atom stereocenters. The highest BCUT2D eigenvalue weighted by molar-refractivity contribution is 6.45. The summed E-state index contributed by atoms with van der Waals surface area (Å²) in [6, 6.07) is 1.68. The molecule has 0 nitrogen and oxygen atoms in total. The average Bonchev–Trinajstić information content (AvgIpc) is 2.12. The summed E-state index contributed by atoms with van der Waals surface area (Å²) in [6.07, 6.45) is 0. The zero-order chi connectivity index (χ0) is 10.0. The molecule has 0 spiro atoms. The smallest absolute Gasteiger partial charge is 0.0654 e. The first kappa shape index (κ1) is 11.7. The van der Waals surface area contributed by atoms with Crippen molar-refractivity contribution in [3.63, 3.8) is 0 Å². The van der Waals surface area contributed by atoms with Gasteiger partial charge in [0.25, 0.3) is 0 Å². The lowest BCUT2D eigenvalue weighted by Gasteiger charge is -2.08. The van der Waals surface area contributed by atoms with Gasteiger partial charge in [-0.2, -0.15) is 0 Å². The number of benzene rings is 1. The number of hydrogen-bond acceptors (Lipinski definition) is 0. The van der Waals surface area contributed by atoms with Crippen LogP contribution in [0.1, 0.15) is 11.1 Å². The maximum Gasteiger partial charge on any atom is 0.0654 e. The van der Waals surface area contributed by atoms with E-state index in [0.29, 0.717) is 26.2 Å². The van der Waals surface area contributed by atoms with Crippen molar-refractivity contribution in [2.75, 3.05) is 0 Å². The molecule has 0 bridgehead atoms. The van der Waals surface area contributed by atoms with Crippen LogP contribution in [-0.2, 0) is 11.8 Å². The van der Waals surface area contributed by atoms with Crippen LogP contribution in [0.15, 0.2) is 6.07 Å². The second-order valence-corrected chi connectivity index (χ2v) is 4.09. The molecule has 0 saturated heterocycles. The molecule has 0 amide bonds. The van der Waals surface area contributed by atoms with Gasteiger partial charge in [-0.1, -0.05) is 34.8 Å². The van der Waals surface area contributed by atoms with Crippen molar-refractivity contribution in [1.82, 2.24) is 0 Å². The van der Waals surface area contributed by atoms with Gasteiger partial charge in [0.1, 0.15) is 0 Å². The van der Waals surface area contributed by atoms with E-state index in [9.17, 15) is 0 Å². The lowest BCUT2D eigenvalue weighted by molar-refractivity contribution is 1.33. The molecule has 0 radical (unpaired) electrons. The van der Waals surface area contributed by atoms with Gasteiger partial charge in [0.05, 0.1) is 15.9 Å². The first-order valence-corrected chi connectivity index (χ1v) is 5.59. The molecule has 0 aliphatic carbocycles. The van der Waals surface area contributed by atoms with Crippen LogP contribution in [0.2, 0.25) is 15.1 Å². The molecular formula is C8H5Cl5. The second kappa shape index (κ2) is 4.95. The van der Waals surface area contributed by atoms with E-state index in [2.05, 4.69) is 0 Å². The summed E-state index contributed by atoms with van der Waals surface area (Å²) in [6.45, 7) is 0. The van der Waals surface area contributed by atoms with Crippen molar-refractivity contribution < 1.29 is 0 Å². The van der Waals surface area contributed by atoms with Crippen molar-refractivity contribution in [3.05, 3.63) is 32.3 Å². The van der Waals surface area contributed by atoms with Gasteiger partial charge in [0.15, 0.2) is 0 Å². The molecule has 72 valence electrons. The standard InChI is InChI=1S/C8H5Cl5/c9-2-4-1-6(11)5(3-10)8(13)7(4)12/h1H,2-3H2. The Morgan fingerprint density at radius 1 is 0.923 bits per heavy atom. The quantitative estimate of drug-likeness (QED) is 0.520. The molecule has 0 aliphatic heterocycles. The van der Waals surface area contributed by atoms with Crippen molar-refractivity contribution >= 4 is 58.0 Å². The molecule has 0 saturated carbocycles. The zero-order valence-corrected chi connectivity index (χ0v) is 10.2. The van der Waals surface area contributed by atoms with Gasteiger partial charge in [-0.05, 0) is 11.6 Å². The lowest BCUT2D eigenvalue weighted by Crippen LogP contribution is -1.89. The fourth-order valence-electron chi connectivity index (χ4n) is 0.901. The summed E-state index contributed by atoms with van der Waals surface area (Å²) in [4.78, 5) is 0. The third-order valence-electron chi connectivity index (χ3n) is 1.61. The second-order valence-electron chi connectivity index (χ2n) is 2.39. The number of alkyl halides is 2. The molecule has 1 aromatic carbocycles. The Labute approximate surface area is 102 Å². The average molecular weight is 278 g/mol. The summed E-state index contributed by atoms with van der Waals surface area (Å²) in [5, 5.41) is 1.32. The van der Waals surface area contributed by atoms with Crippen molar-refractivity contribution in [3.8, 4) is 0 Å². The molecule has 0 fully saturated rings. The first-order valence-electron chi connectivity index (χ1n) is 3.39. The Morgan fingerprint density at radius 2 is 1.54 bits per heavy atom. The molecule has 13 heavy (non-hydrogen) atoms. The topological polar surface area (TPSA) is 0 Å². The minimum absolute atomic E-state index is 0.236. The molecule has 0 aliphatic rings. The maximum absolute atomic E-state index is 5.92. The Balaban J connectivity index is 3.37. The normalized spacial score (nSPS) is 10.5. The van der Waals surface area contributed by atoms with Crippen LogP contribution in [0.25, 0.3) is 0 Å². The van der Waals surface area contributed by atoms with Crippen molar-refractivity contribution in [2.45, 2.75) is 11.8 Å². The van der Waals surface area contributed by atoms with Gasteiger partial charge in [-0.15, -0.1) is 23.2 Å². The van der Waals surface area contributed by atoms with E-state index < -0.39 is 0 Å². The summed E-state index contributed by atoms with van der Waals surface area (Å²) >= 11 is 29.0. The van der Waals surface area contributed by atoms with Crippen LogP contribution in [-0.4, -0.2) is 0 Å². The van der Waals surface area contributed by atoms with Gasteiger partial charge in [-0.25, -0.2) is 0 Å². The highest BCUT2D eigenvalue weighted by atomic mass is 35.5. The Kier molecular flexibility index (Phi) is 4.47. The molecule has 0 unspecified atom stereocenters. The third-order valence-corrected chi connectivity index (χ3v) is 3.44. The maximum atomic E-state index is 5.92. The summed E-state index contributed by atoms with van der Waals surface area (Å²) in [5.41, 5.74) is 1.36. The fraction of sp³-hybridized carbons (Fsp3) is 0.250. The number of halogens is 5. The predicted molar refractivity (Wildman–Crippen MR) is 60.6 cm³/mol. The van der Waals surface area contributed by atoms with E-state index in [1.807, 2.05) is 0 Å². The van der Waals surface area contributed by atoms with E-state index >= 15 is 0 Å². The lowest BCUT2D eigenvalue weighted by atomic mass is 10.2. The summed E-state index contributed by atoms with van der Waals surface area (Å²) < 4.78 is 0. The van der Waals surface area contributed by atoms with Gasteiger partial charge < -0.3 is 0 Å². The monoisotopic (exact) mass is 276 g/mol. The minimum atomic E-state index is 0.236. The summed E-state index contributed by atoms with van der Waals surface area (Å²) in [7, 11) is 0. The summed E-state index contributed by atoms with van der Waals surface area (Å²) in [5.74, 6) is 0.515. The number of rotatable bonds is 2. The Hall–Kier alpha value is 0.670. The highest BCUT2D eigenvalue weighted by Gasteiger charge is 2.12. The molecule has 0 N–H and O–H groups in total. The van der Waals surface area contributed by atoms with Crippen molar-refractivity contribution in [2.24, 2.45) is 0 Å². The van der Waals surface area contributed by atoms with E-state index in [-0.39, 0.29) is 11.8 Å². The third kappa shape index (κ3) is 2.37. The van der Waals surface area contributed by atoms with E-state index in [1.54, 1.807) is 6.07 Å². The van der Waals surface area contributed by atoms with Crippen LogP contribution in [0.3, 0.4) is 0 Å². The fourth-order valence-corrected chi connectivity index (χ4v) is 2.46. The van der Waals surface area contributed by atoms with E-state index in [4.69, 9.17) is 58.0 Å². The van der Waals surface area contributed by atoms with Crippen LogP contribution >= 0.6 is 58.0 Å². The molecule has 1 aromatic rings. The van der Waals surface area contributed by atoms with Crippen molar-refractivity contribution in [1.29, 1.82) is 0 Å². The van der Waals surface area contributed by atoms with Gasteiger partial charge >= 0.3 is 0 Å². The van der Waals surface area contributed by atoms with Gasteiger partial charge in [-0.3, -0.25) is 0 Å². The molecule has 0 aromatic heterocycles. The Bertz CT molecular complexity index is 321. The van der Waals surface area contributed by atoms with Crippen LogP contribution in [0, 0.1) is 0 Å². The Morgan fingerprint density at radius 3 is 2.00 bits per heavy atom. The van der Waals surface area contributed by atoms with Crippen LogP contribution in [0.4, 0.5) is 0 Å². The molecular weight excluding hydrogens is 273 g/mol. The van der Waals surface area contributed by atoms with Gasteiger partial charge in [0.2, 0.25) is 0 Å². The molecule has 5 heteroatoms. The number of hydrogen-bond donors (Lipinski definition) is 0. The minimum Gasteiger partial charge on any atom is -0.121 e. The molecule has 1 rings (SSSR count). The predicted octanol–water partition coefficient (Wildman–Crippen LogP) is 5.12. The first-order chi connectivity index (χ1) is 6.11. The zero-order valence-electron chi connectivity index (χ0n) is 6.38.